The highest BCUT2D eigenvalue weighted by Crippen LogP contribution is 2.12. The molecule has 3 heteroatoms. The summed E-state index contributed by atoms with van der Waals surface area (Å²) >= 11 is 0. The Kier molecular flexibility index (Phi) is 2.46. The van der Waals surface area contributed by atoms with Gasteiger partial charge in [-0.05, 0) is 6.04 Å². The van der Waals surface area contributed by atoms with E-state index in [1.165, 1.54) is 6.92 Å². The normalized spacial score (nSPS) is 11.7. The van der Waals surface area contributed by atoms with Gasteiger partial charge in [0.05, 0.1) is 0 Å². The minimum atomic E-state index is -0.525. The van der Waals surface area contributed by atoms with Crippen LogP contribution in [0.15, 0.2) is 11.5 Å². The molecule has 0 spiro atoms. The second-order valence-corrected chi connectivity index (χ2v) is 1.69. The molecule has 3 nitrogen and oxygen atoms in total. The Morgan fingerprint density at radius 2 is 2.22 bits per heavy atom. The standard InChI is InChI=1S/C6H9N2O/c1-4(6(7)9)5(2)8-3/h9H,7H2,1-2H3/q-1/p-1. The van der Waals surface area contributed by atoms with E-state index in [0.29, 0.717) is 11.6 Å². The summed E-state index contributed by atoms with van der Waals surface area (Å²) in [7, 11) is 0. The predicted octanol–water partition coefficient (Wildman–Crippen LogP) is 0.00808. The average Bonchev–Trinajstić information content (AvgIpc) is 1.84. The van der Waals surface area contributed by atoms with Crippen LogP contribution < -0.4 is 10.8 Å². The molecule has 0 bridgehead atoms. The molecule has 0 unspecified atom stereocenters. The summed E-state index contributed by atoms with van der Waals surface area (Å²) in [6.45, 7) is 9.59. The quantitative estimate of drug-likeness (QED) is 0.395. The molecule has 0 radical (unpaired) electrons. The van der Waals surface area contributed by atoms with Gasteiger partial charge < -0.3 is 15.7 Å². The van der Waals surface area contributed by atoms with Crippen molar-refractivity contribution in [1.29, 1.82) is 0 Å². The van der Waals surface area contributed by atoms with Crippen LogP contribution in [-0.2, 0) is 0 Å². The Morgan fingerprint density at radius 1 is 1.78 bits per heavy atom. The summed E-state index contributed by atoms with van der Waals surface area (Å²) in [5, 5.41) is 10.3. The SMILES string of the molecule is [C-]#[N+][C-](C)C(C)=C(N)[O-]. The molecular weight excluding hydrogens is 116 g/mol. The van der Waals surface area contributed by atoms with Crippen molar-refractivity contribution in [3.05, 3.63) is 28.9 Å². The van der Waals surface area contributed by atoms with Crippen molar-refractivity contribution in [2.45, 2.75) is 13.8 Å². The number of hydrogen-bond acceptors (Lipinski definition) is 2. The molecular formula is C6H8N2O-2. The van der Waals surface area contributed by atoms with Gasteiger partial charge in [-0.3, -0.25) is 6.57 Å². The Hall–Kier alpha value is -1.30. The van der Waals surface area contributed by atoms with Crippen molar-refractivity contribution >= 4 is 0 Å². The summed E-state index contributed by atoms with van der Waals surface area (Å²) in [6.07, 6.45) is 0. The highest BCUT2D eigenvalue weighted by molar-refractivity contribution is 5.25. The minimum absolute atomic E-state index is 0.338. The van der Waals surface area contributed by atoms with Crippen LogP contribution >= 0.6 is 0 Å². The lowest BCUT2D eigenvalue weighted by molar-refractivity contribution is -0.306. The molecule has 0 aromatic rings. The van der Waals surface area contributed by atoms with E-state index >= 15 is 0 Å². The molecule has 0 aromatic carbocycles. The van der Waals surface area contributed by atoms with Crippen molar-refractivity contribution in [1.82, 2.24) is 0 Å². The van der Waals surface area contributed by atoms with Gasteiger partial charge >= 0.3 is 0 Å². The molecule has 0 aliphatic heterocycles. The van der Waals surface area contributed by atoms with E-state index < -0.39 is 5.88 Å². The second kappa shape index (κ2) is 2.88. The molecule has 0 fully saturated rings. The van der Waals surface area contributed by atoms with Gasteiger partial charge in [0.15, 0.2) is 0 Å². The molecule has 0 aliphatic carbocycles. The molecule has 0 aliphatic rings. The molecule has 0 saturated heterocycles. The molecule has 0 atom stereocenters. The number of nitrogens with two attached hydrogens (primary N) is 1. The fourth-order valence-electron chi connectivity index (χ4n) is 0.262. The van der Waals surface area contributed by atoms with E-state index in [2.05, 4.69) is 4.85 Å². The summed E-state index contributed by atoms with van der Waals surface area (Å²) < 4.78 is 0. The highest BCUT2D eigenvalue weighted by atomic mass is 16.3. The van der Waals surface area contributed by atoms with Gasteiger partial charge in [-0.2, -0.15) is 0 Å². The van der Waals surface area contributed by atoms with E-state index in [-0.39, 0.29) is 0 Å². The maximum Gasteiger partial charge on any atom is -0.00801 e. The molecule has 50 valence electrons. The summed E-state index contributed by atoms with van der Waals surface area (Å²) in [5.41, 5.74) is 5.21. The van der Waals surface area contributed by atoms with Crippen LogP contribution in [0, 0.1) is 12.6 Å². The maximum atomic E-state index is 10.3. The Balaban J connectivity index is 4.25. The summed E-state index contributed by atoms with van der Waals surface area (Å²) in [5.74, 6) is -0.525. The maximum absolute atomic E-state index is 10.3. The number of nitrogens with zero attached hydrogens (tertiary/aromatic N) is 1. The zero-order valence-corrected chi connectivity index (χ0v) is 5.43. The lowest BCUT2D eigenvalue weighted by Crippen LogP contribution is -2.17. The summed E-state index contributed by atoms with van der Waals surface area (Å²) in [6, 6.07) is 0.363. The largest absolute Gasteiger partial charge is 0.862 e. The van der Waals surface area contributed by atoms with Crippen LogP contribution in [0.2, 0.25) is 0 Å². The molecule has 0 amide bonds. The molecule has 0 rings (SSSR count). The van der Waals surface area contributed by atoms with E-state index in [1.807, 2.05) is 0 Å². The van der Waals surface area contributed by atoms with Gasteiger partial charge in [0.2, 0.25) is 0 Å². The minimum Gasteiger partial charge on any atom is -0.862 e. The first-order valence-electron chi connectivity index (χ1n) is 2.44. The van der Waals surface area contributed by atoms with Crippen LogP contribution in [0.4, 0.5) is 0 Å². The van der Waals surface area contributed by atoms with E-state index in [1.54, 1.807) is 6.92 Å². The van der Waals surface area contributed by atoms with Gasteiger partial charge in [-0.25, -0.2) is 0 Å². The van der Waals surface area contributed by atoms with E-state index in [4.69, 9.17) is 12.3 Å². The van der Waals surface area contributed by atoms with Crippen molar-refractivity contribution in [2.75, 3.05) is 0 Å². The Labute approximate surface area is 54.6 Å². The third kappa shape index (κ3) is 1.96. The van der Waals surface area contributed by atoms with Gasteiger partial charge in [-0.1, -0.05) is 12.8 Å². The molecule has 0 heterocycles. The van der Waals surface area contributed by atoms with Crippen LogP contribution in [0.25, 0.3) is 4.85 Å². The highest BCUT2D eigenvalue weighted by Gasteiger charge is 1.89. The topological polar surface area (TPSA) is 53.4 Å². The van der Waals surface area contributed by atoms with Crippen molar-refractivity contribution in [3.8, 4) is 0 Å². The van der Waals surface area contributed by atoms with E-state index in [9.17, 15) is 5.11 Å². The first kappa shape index (κ1) is 7.70. The first-order chi connectivity index (χ1) is 4.09. The second-order valence-electron chi connectivity index (χ2n) is 1.69. The number of rotatable bonds is 1. The lowest BCUT2D eigenvalue weighted by Gasteiger charge is -2.18. The third-order valence-electron chi connectivity index (χ3n) is 1.08. The molecule has 9 heavy (non-hydrogen) atoms. The third-order valence-corrected chi connectivity index (χ3v) is 1.08. The smallest absolute Gasteiger partial charge is 0.00801 e. The van der Waals surface area contributed by atoms with Gasteiger partial charge in [-0.15, -0.1) is 12.5 Å². The van der Waals surface area contributed by atoms with Crippen molar-refractivity contribution in [3.63, 3.8) is 0 Å². The van der Waals surface area contributed by atoms with Crippen LogP contribution in [0.3, 0.4) is 0 Å². The zero-order chi connectivity index (χ0) is 7.44. The monoisotopic (exact) mass is 124 g/mol. The lowest BCUT2D eigenvalue weighted by atomic mass is 10.2. The van der Waals surface area contributed by atoms with Crippen molar-refractivity contribution < 1.29 is 5.11 Å². The zero-order valence-electron chi connectivity index (χ0n) is 5.43. The molecule has 0 aromatic heterocycles. The van der Waals surface area contributed by atoms with Gasteiger partial charge in [0, 0.05) is 0 Å². The predicted molar refractivity (Wildman–Crippen MR) is 32.4 cm³/mol. The molecule has 0 saturated carbocycles. The van der Waals surface area contributed by atoms with Gasteiger partial charge in [0.1, 0.15) is 0 Å². The Morgan fingerprint density at radius 3 is 2.33 bits per heavy atom. The average molecular weight is 124 g/mol. The van der Waals surface area contributed by atoms with E-state index in [0.717, 1.165) is 0 Å². The fourth-order valence-corrected chi connectivity index (χ4v) is 0.262. The van der Waals surface area contributed by atoms with Crippen LogP contribution in [-0.4, -0.2) is 0 Å². The first-order valence-corrected chi connectivity index (χ1v) is 2.44. The van der Waals surface area contributed by atoms with Crippen LogP contribution in [0.5, 0.6) is 0 Å². The summed E-state index contributed by atoms with van der Waals surface area (Å²) in [4.78, 5) is 3.04. The van der Waals surface area contributed by atoms with Crippen LogP contribution in [0.1, 0.15) is 13.8 Å². The Bertz CT molecular complexity index is 162. The fraction of sp³-hybridized carbons (Fsp3) is 0.333. The van der Waals surface area contributed by atoms with Gasteiger partial charge in [0.25, 0.3) is 0 Å². The molecule has 2 N–H and O–H groups in total. The van der Waals surface area contributed by atoms with Crippen molar-refractivity contribution in [2.24, 2.45) is 5.73 Å². The number of hydrogen-bond donors (Lipinski definition) is 1.